The third-order valence-corrected chi connectivity index (χ3v) is 5.65. The van der Waals surface area contributed by atoms with Crippen LogP contribution < -0.4 is 16.0 Å². The highest BCUT2D eigenvalue weighted by Crippen LogP contribution is 2.36. The Balaban J connectivity index is 2.01. The molecule has 0 unspecified atom stereocenters. The van der Waals surface area contributed by atoms with E-state index in [-0.39, 0.29) is 11.2 Å². The van der Waals surface area contributed by atoms with Gasteiger partial charge in [-0.1, -0.05) is 24.3 Å². The molecule has 3 aromatic carbocycles. The summed E-state index contributed by atoms with van der Waals surface area (Å²) in [5.74, 6) is 0.756. The number of benzene rings is 3. The van der Waals surface area contributed by atoms with Crippen molar-refractivity contribution in [1.82, 2.24) is 13.9 Å². The molecule has 2 heterocycles. The smallest absolute Gasteiger partial charge is 0.336 e. The number of rotatable bonds is 4. The average molecular weight is 387 g/mol. The number of ether oxygens (including phenoxy) is 1. The van der Waals surface area contributed by atoms with E-state index >= 15 is 0 Å². The SMILES string of the molecule is COc1ccc2ccc3c(c2c1)c1cccc2c(=O)n(CCN(C)C)c(=O)n3c21. The third-order valence-electron chi connectivity index (χ3n) is 5.65. The Morgan fingerprint density at radius 3 is 2.48 bits per heavy atom. The quantitative estimate of drug-likeness (QED) is 0.476. The summed E-state index contributed by atoms with van der Waals surface area (Å²) < 4.78 is 8.46. The van der Waals surface area contributed by atoms with E-state index in [2.05, 4.69) is 0 Å². The molecule has 2 aromatic heterocycles. The van der Waals surface area contributed by atoms with Crippen molar-refractivity contribution in [2.45, 2.75) is 6.54 Å². The second-order valence-electron chi connectivity index (χ2n) is 7.63. The number of hydrogen-bond acceptors (Lipinski definition) is 4. The fraction of sp³-hybridized carbons (Fsp3) is 0.217. The van der Waals surface area contributed by atoms with Crippen LogP contribution in [0.3, 0.4) is 0 Å². The number of para-hydroxylation sites is 1. The van der Waals surface area contributed by atoms with Crippen molar-refractivity contribution >= 4 is 38.0 Å². The first kappa shape index (κ1) is 17.7. The number of aromatic nitrogens is 2. The summed E-state index contributed by atoms with van der Waals surface area (Å²) in [7, 11) is 5.49. The Hall–Kier alpha value is -3.38. The molecular formula is C23H21N3O3. The molecule has 0 aliphatic carbocycles. The first-order chi connectivity index (χ1) is 14.0. The normalized spacial score (nSPS) is 12.1. The molecule has 0 amide bonds. The second-order valence-corrected chi connectivity index (χ2v) is 7.63. The van der Waals surface area contributed by atoms with Gasteiger partial charge in [-0.3, -0.25) is 13.8 Å². The molecule has 0 spiro atoms. The molecule has 0 aliphatic heterocycles. The van der Waals surface area contributed by atoms with Crippen molar-refractivity contribution < 1.29 is 4.74 Å². The molecule has 0 fully saturated rings. The van der Waals surface area contributed by atoms with Gasteiger partial charge in [-0.15, -0.1) is 0 Å². The summed E-state index contributed by atoms with van der Waals surface area (Å²) in [6, 6.07) is 15.6. The Labute approximate surface area is 166 Å². The second kappa shape index (κ2) is 6.32. The summed E-state index contributed by atoms with van der Waals surface area (Å²) in [6.07, 6.45) is 0. The Bertz CT molecular complexity index is 1510. The maximum atomic E-state index is 13.4. The van der Waals surface area contributed by atoms with Crippen LogP contribution in [0.15, 0.2) is 58.1 Å². The van der Waals surface area contributed by atoms with Gasteiger partial charge in [0.25, 0.3) is 5.56 Å². The van der Waals surface area contributed by atoms with E-state index in [1.165, 1.54) is 4.57 Å². The lowest BCUT2D eigenvalue weighted by molar-refractivity contribution is 0.376. The average Bonchev–Trinajstić information content (AvgIpc) is 3.07. The van der Waals surface area contributed by atoms with E-state index in [4.69, 9.17) is 4.74 Å². The Morgan fingerprint density at radius 2 is 1.72 bits per heavy atom. The summed E-state index contributed by atoms with van der Waals surface area (Å²) in [4.78, 5) is 28.5. The molecule has 29 heavy (non-hydrogen) atoms. The molecule has 0 N–H and O–H groups in total. The third kappa shape index (κ3) is 2.46. The maximum Gasteiger partial charge on any atom is 0.336 e. The van der Waals surface area contributed by atoms with E-state index in [1.54, 1.807) is 17.6 Å². The molecule has 0 saturated carbocycles. The lowest BCUT2D eigenvalue weighted by Crippen LogP contribution is -2.39. The topological polar surface area (TPSA) is 56.0 Å². The lowest BCUT2D eigenvalue weighted by atomic mass is 10.0. The predicted octanol–water partition coefficient (Wildman–Crippen LogP) is 2.93. The van der Waals surface area contributed by atoms with Crippen LogP contribution in [0.1, 0.15) is 0 Å². The van der Waals surface area contributed by atoms with E-state index in [1.807, 2.05) is 61.5 Å². The van der Waals surface area contributed by atoms with Crippen molar-refractivity contribution in [3.05, 3.63) is 69.4 Å². The zero-order valence-corrected chi connectivity index (χ0v) is 16.6. The number of fused-ring (bicyclic) bond motifs is 5. The van der Waals surface area contributed by atoms with E-state index in [0.717, 1.165) is 32.8 Å². The molecule has 0 bridgehead atoms. The molecule has 0 atom stereocenters. The fourth-order valence-electron chi connectivity index (χ4n) is 4.21. The molecule has 5 rings (SSSR count). The summed E-state index contributed by atoms with van der Waals surface area (Å²) in [5.41, 5.74) is 0.965. The number of hydrogen-bond donors (Lipinski definition) is 0. The highest BCUT2D eigenvalue weighted by Gasteiger charge is 2.20. The minimum absolute atomic E-state index is 0.236. The lowest BCUT2D eigenvalue weighted by Gasteiger charge is -2.12. The largest absolute Gasteiger partial charge is 0.497 e. The van der Waals surface area contributed by atoms with Crippen LogP contribution >= 0.6 is 0 Å². The number of likely N-dealkylation sites (N-methyl/N-ethyl adjacent to an activating group) is 1. The van der Waals surface area contributed by atoms with Crippen molar-refractivity contribution in [2.75, 3.05) is 27.7 Å². The van der Waals surface area contributed by atoms with Crippen LogP contribution in [0.2, 0.25) is 0 Å². The van der Waals surface area contributed by atoms with Gasteiger partial charge < -0.3 is 9.64 Å². The summed E-state index contributed by atoms with van der Waals surface area (Å²) >= 11 is 0. The van der Waals surface area contributed by atoms with Crippen LogP contribution in [0.5, 0.6) is 5.75 Å². The van der Waals surface area contributed by atoms with Crippen molar-refractivity contribution in [2.24, 2.45) is 0 Å². The molecular weight excluding hydrogens is 366 g/mol. The Kier molecular flexibility index (Phi) is 3.86. The number of nitrogens with zero attached hydrogens (tertiary/aromatic N) is 3. The van der Waals surface area contributed by atoms with Crippen molar-refractivity contribution in [3.8, 4) is 5.75 Å². The molecule has 0 saturated heterocycles. The molecule has 146 valence electrons. The van der Waals surface area contributed by atoms with Gasteiger partial charge in [0.1, 0.15) is 5.75 Å². The monoisotopic (exact) mass is 387 g/mol. The zero-order chi connectivity index (χ0) is 20.3. The van der Waals surface area contributed by atoms with Gasteiger partial charge in [0.05, 0.1) is 23.5 Å². The standard InChI is InChI=1S/C23H21N3O3/c1-24(2)11-12-25-22(27)17-6-4-5-16-20-18-13-15(29-3)9-7-14(18)8-10-19(20)26(21(16)17)23(25)28/h4-10,13H,11-12H2,1-3H3. The predicted molar refractivity (Wildman–Crippen MR) is 117 cm³/mol. The van der Waals surface area contributed by atoms with Crippen LogP contribution in [-0.2, 0) is 6.54 Å². The molecule has 6 heteroatoms. The zero-order valence-electron chi connectivity index (χ0n) is 16.6. The molecule has 6 nitrogen and oxygen atoms in total. The van der Waals surface area contributed by atoms with E-state index in [0.29, 0.717) is 24.0 Å². The highest BCUT2D eigenvalue weighted by molar-refractivity contribution is 6.23. The minimum Gasteiger partial charge on any atom is -0.497 e. The van der Waals surface area contributed by atoms with Crippen molar-refractivity contribution in [3.63, 3.8) is 0 Å². The van der Waals surface area contributed by atoms with Gasteiger partial charge in [0.15, 0.2) is 0 Å². The van der Waals surface area contributed by atoms with Gasteiger partial charge >= 0.3 is 5.69 Å². The molecule has 0 radical (unpaired) electrons. The van der Waals surface area contributed by atoms with E-state index in [9.17, 15) is 9.59 Å². The first-order valence-corrected chi connectivity index (χ1v) is 9.56. The van der Waals surface area contributed by atoms with Crippen molar-refractivity contribution in [1.29, 1.82) is 0 Å². The first-order valence-electron chi connectivity index (χ1n) is 9.56. The van der Waals surface area contributed by atoms with Crippen LogP contribution in [0, 0.1) is 0 Å². The van der Waals surface area contributed by atoms with Gasteiger partial charge in [0.2, 0.25) is 0 Å². The van der Waals surface area contributed by atoms with Gasteiger partial charge in [-0.25, -0.2) is 4.79 Å². The Morgan fingerprint density at radius 1 is 0.966 bits per heavy atom. The van der Waals surface area contributed by atoms with Crippen LogP contribution in [0.4, 0.5) is 0 Å². The van der Waals surface area contributed by atoms with Gasteiger partial charge in [-0.05, 0) is 49.1 Å². The van der Waals surface area contributed by atoms with Gasteiger partial charge in [0, 0.05) is 23.9 Å². The maximum absolute atomic E-state index is 13.4. The summed E-state index contributed by atoms with van der Waals surface area (Å²) in [6.45, 7) is 0.962. The minimum atomic E-state index is -0.294. The van der Waals surface area contributed by atoms with Crippen LogP contribution in [0.25, 0.3) is 38.0 Å². The van der Waals surface area contributed by atoms with E-state index < -0.39 is 0 Å². The fourth-order valence-corrected chi connectivity index (χ4v) is 4.21. The van der Waals surface area contributed by atoms with Crippen LogP contribution in [-0.4, -0.2) is 41.6 Å². The highest BCUT2D eigenvalue weighted by atomic mass is 16.5. The number of methoxy groups -OCH3 is 1. The van der Waals surface area contributed by atoms with Gasteiger partial charge in [-0.2, -0.15) is 0 Å². The molecule has 0 aliphatic rings. The molecule has 5 aromatic rings. The summed E-state index contributed by atoms with van der Waals surface area (Å²) in [5, 5.41) is 4.50.